The van der Waals surface area contributed by atoms with E-state index in [-0.39, 0.29) is 28.1 Å². The van der Waals surface area contributed by atoms with Gasteiger partial charge in [-0.15, -0.1) is 0 Å². The Morgan fingerprint density at radius 2 is 1.90 bits per heavy atom. The number of hydrogen-bond acceptors (Lipinski definition) is 4. The van der Waals surface area contributed by atoms with Crippen molar-refractivity contribution in [3.63, 3.8) is 0 Å². The van der Waals surface area contributed by atoms with Crippen molar-refractivity contribution in [1.29, 1.82) is 0 Å². The minimum absolute atomic E-state index is 0.0411. The number of nitro benzene ring substituents is 1. The number of carbonyl (C=O) groups excluding carboxylic acids is 2. The Kier molecular flexibility index (Phi) is 5.24. The fourth-order valence-corrected chi connectivity index (χ4v) is 4.30. The Hall–Kier alpha value is -2.93. The molecule has 150 valence electrons. The second-order valence-electron chi connectivity index (χ2n) is 7.44. The summed E-state index contributed by atoms with van der Waals surface area (Å²) in [5, 5.41) is 13.8. The molecule has 8 heteroatoms. The van der Waals surface area contributed by atoms with Crippen LogP contribution in [0.2, 0.25) is 5.02 Å². The average molecular weight is 414 g/mol. The van der Waals surface area contributed by atoms with E-state index in [9.17, 15) is 19.7 Å². The first-order valence-electron chi connectivity index (χ1n) is 9.63. The predicted molar refractivity (Wildman–Crippen MR) is 111 cm³/mol. The minimum atomic E-state index is -0.571. The SMILES string of the molecule is O=C(Nc1ccc2c(c1)CCN2C(=O)C1CCCC1)c1cc([N+](=O)[O-])ccc1Cl. The number of nitrogens with one attached hydrogen (secondary N) is 1. The van der Waals surface area contributed by atoms with E-state index in [0.29, 0.717) is 12.2 Å². The van der Waals surface area contributed by atoms with Crippen LogP contribution in [-0.2, 0) is 11.2 Å². The van der Waals surface area contributed by atoms with Gasteiger partial charge in [-0.3, -0.25) is 19.7 Å². The molecule has 7 nitrogen and oxygen atoms in total. The van der Waals surface area contributed by atoms with Gasteiger partial charge in [-0.25, -0.2) is 0 Å². The average Bonchev–Trinajstić information content (AvgIpc) is 3.37. The van der Waals surface area contributed by atoms with Gasteiger partial charge in [-0.1, -0.05) is 24.4 Å². The summed E-state index contributed by atoms with van der Waals surface area (Å²) in [4.78, 5) is 37.6. The van der Waals surface area contributed by atoms with E-state index in [1.54, 1.807) is 6.07 Å². The van der Waals surface area contributed by atoms with Gasteiger partial charge >= 0.3 is 0 Å². The minimum Gasteiger partial charge on any atom is -0.322 e. The van der Waals surface area contributed by atoms with E-state index < -0.39 is 10.8 Å². The smallest absolute Gasteiger partial charge is 0.270 e. The molecule has 2 aromatic carbocycles. The molecular weight excluding hydrogens is 394 g/mol. The van der Waals surface area contributed by atoms with Crippen LogP contribution in [0.3, 0.4) is 0 Å². The van der Waals surface area contributed by atoms with E-state index in [1.807, 2.05) is 17.0 Å². The van der Waals surface area contributed by atoms with Crippen LogP contribution >= 0.6 is 11.6 Å². The zero-order valence-corrected chi connectivity index (χ0v) is 16.4. The third-order valence-corrected chi connectivity index (χ3v) is 5.94. The number of rotatable bonds is 4. The van der Waals surface area contributed by atoms with Crippen LogP contribution in [0.5, 0.6) is 0 Å². The van der Waals surface area contributed by atoms with Gasteiger partial charge in [0.25, 0.3) is 11.6 Å². The van der Waals surface area contributed by atoms with Crippen LogP contribution in [0.15, 0.2) is 36.4 Å². The summed E-state index contributed by atoms with van der Waals surface area (Å²) in [5.41, 5.74) is 2.30. The summed E-state index contributed by atoms with van der Waals surface area (Å²) in [5.74, 6) is -0.201. The number of halogens is 1. The van der Waals surface area contributed by atoms with E-state index in [2.05, 4.69) is 5.32 Å². The Balaban J connectivity index is 1.52. The van der Waals surface area contributed by atoms with Gasteiger partial charge in [0, 0.05) is 36.0 Å². The first kappa shape index (κ1) is 19.4. The summed E-state index contributed by atoms with van der Waals surface area (Å²) in [6.45, 7) is 0.652. The van der Waals surface area contributed by atoms with Crippen molar-refractivity contribution in [1.82, 2.24) is 0 Å². The molecule has 0 bridgehead atoms. The quantitative estimate of drug-likeness (QED) is 0.586. The van der Waals surface area contributed by atoms with Gasteiger partial charge in [0.05, 0.1) is 15.5 Å². The third-order valence-electron chi connectivity index (χ3n) is 5.61. The third kappa shape index (κ3) is 3.82. The number of benzene rings is 2. The van der Waals surface area contributed by atoms with E-state index >= 15 is 0 Å². The summed E-state index contributed by atoms with van der Waals surface area (Å²) >= 11 is 6.04. The fraction of sp³-hybridized carbons (Fsp3) is 0.333. The van der Waals surface area contributed by atoms with Crippen LogP contribution in [0, 0.1) is 16.0 Å². The van der Waals surface area contributed by atoms with Crippen molar-refractivity contribution >= 4 is 40.5 Å². The predicted octanol–water partition coefficient (Wildman–Crippen LogP) is 4.58. The van der Waals surface area contributed by atoms with Crippen LogP contribution < -0.4 is 10.2 Å². The van der Waals surface area contributed by atoms with Gasteiger partial charge in [0.2, 0.25) is 5.91 Å². The maximum absolute atomic E-state index is 12.8. The fourth-order valence-electron chi connectivity index (χ4n) is 4.10. The molecule has 1 heterocycles. The van der Waals surface area contributed by atoms with Crippen molar-refractivity contribution in [2.24, 2.45) is 5.92 Å². The first-order chi connectivity index (χ1) is 13.9. The van der Waals surface area contributed by atoms with Crippen LogP contribution in [0.1, 0.15) is 41.6 Å². The Bertz CT molecular complexity index is 1000. The van der Waals surface area contributed by atoms with E-state index in [1.165, 1.54) is 12.1 Å². The molecule has 29 heavy (non-hydrogen) atoms. The Morgan fingerprint density at radius 3 is 2.62 bits per heavy atom. The molecule has 0 unspecified atom stereocenters. The number of non-ortho nitro benzene ring substituents is 1. The zero-order valence-electron chi connectivity index (χ0n) is 15.7. The maximum Gasteiger partial charge on any atom is 0.270 e. The van der Waals surface area contributed by atoms with Crippen molar-refractivity contribution in [3.05, 3.63) is 62.7 Å². The molecule has 1 aliphatic heterocycles. The highest BCUT2D eigenvalue weighted by atomic mass is 35.5. The molecule has 1 aliphatic carbocycles. The summed E-state index contributed by atoms with van der Waals surface area (Å²) in [7, 11) is 0. The van der Waals surface area contributed by atoms with Crippen molar-refractivity contribution in [2.75, 3.05) is 16.8 Å². The second-order valence-corrected chi connectivity index (χ2v) is 7.85. The van der Waals surface area contributed by atoms with E-state index in [0.717, 1.165) is 49.4 Å². The van der Waals surface area contributed by atoms with Gasteiger partial charge in [0.15, 0.2) is 0 Å². The van der Waals surface area contributed by atoms with Crippen molar-refractivity contribution in [3.8, 4) is 0 Å². The highest BCUT2D eigenvalue weighted by molar-refractivity contribution is 6.34. The summed E-state index contributed by atoms with van der Waals surface area (Å²) < 4.78 is 0. The molecule has 0 aromatic heterocycles. The number of hydrogen-bond donors (Lipinski definition) is 1. The van der Waals surface area contributed by atoms with Crippen molar-refractivity contribution in [2.45, 2.75) is 32.1 Å². The van der Waals surface area contributed by atoms with Gasteiger partial charge in [-0.05, 0) is 49.1 Å². The molecule has 0 atom stereocenters. The number of nitrogens with zero attached hydrogens (tertiary/aromatic N) is 2. The topological polar surface area (TPSA) is 92.6 Å². The highest BCUT2D eigenvalue weighted by Crippen LogP contribution is 2.35. The van der Waals surface area contributed by atoms with Crippen molar-refractivity contribution < 1.29 is 14.5 Å². The number of nitro groups is 1. The lowest BCUT2D eigenvalue weighted by Crippen LogP contribution is -2.33. The number of anilines is 2. The van der Waals surface area contributed by atoms with Crippen LogP contribution in [-0.4, -0.2) is 23.3 Å². The van der Waals surface area contributed by atoms with Crippen LogP contribution in [0.4, 0.5) is 17.1 Å². The Morgan fingerprint density at radius 1 is 1.14 bits per heavy atom. The molecule has 0 radical (unpaired) electrons. The molecule has 1 saturated carbocycles. The molecule has 2 amide bonds. The second kappa shape index (κ2) is 7.83. The normalized spacial score (nSPS) is 16.0. The maximum atomic E-state index is 12.8. The Labute approximate surface area is 172 Å². The standard InChI is InChI=1S/C21H20ClN3O4/c22-18-7-6-16(25(28)29)12-17(18)20(26)23-15-5-8-19-14(11-15)9-10-24(19)21(27)13-3-1-2-4-13/h5-8,11-13H,1-4,9-10H2,(H,23,26). The number of fused-ring (bicyclic) bond motifs is 1. The van der Waals surface area contributed by atoms with Crippen LogP contribution in [0.25, 0.3) is 0 Å². The number of carbonyl (C=O) groups is 2. The molecule has 2 aromatic rings. The zero-order chi connectivity index (χ0) is 20.5. The molecule has 0 saturated heterocycles. The lowest BCUT2D eigenvalue weighted by Gasteiger charge is -2.21. The summed E-state index contributed by atoms with van der Waals surface area (Å²) in [6.07, 6.45) is 4.88. The molecular formula is C21H20ClN3O4. The monoisotopic (exact) mass is 413 g/mol. The number of amides is 2. The summed E-state index contributed by atoms with van der Waals surface area (Å²) in [6, 6.07) is 9.18. The van der Waals surface area contributed by atoms with Gasteiger partial charge < -0.3 is 10.2 Å². The van der Waals surface area contributed by atoms with Gasteiger partial charge in [0.1, 0.15) is 0 Å². The lowest BCUT2D eigenvalue weighted by atomic mass is 10.1. The van der Waals surface area contributed by atoms with Gasteiger partial charge in [-0.2, -0.15) is 0 Å². The molecule has 4 rings (SSSR count). The lowest BCUT2D eigenvalue weighted by molar-refractivity contribution is -0.384. The highest BCUT2D eigenvalue weighted by Gasteiger charge is 2.32. The molecule has 2 aliphatic rings. The first-order valence-corrected chi connectivity index (χ1v) is 10.0. The van der Waals surface area contributed by atoms with E-state index in [4.69, 9.17) is 11.6 Å². The largest absolute Gasteiger partial charge is 0.322 e. The molecule has 1 N–H and O–H groups in total. The molecule has 1 fully saturated rings. The molecule has 0 spiro atoms.